The fourth-order valence-corrected chi connectivity index (χ4v) is 2.59. The molecule has 2 aromatic carbocycles. The maximum absolute atomic E-state index is 13.8. The minimum absolute atomic E-state index is 0.103. The third-order valence-corrected chi connectivity index (χ3v) is 3.73. The Labute approximate surface area is 127 Å². The highest BCUT2D eigenvalue weighted by atomic mass is 19.1. The second-order valence-corrected chi connectivity index (χ2v) is 5.28. The zero-order chi connectivity index (χ0) is 15.5. The molecule has 2 nitrogen and oxygen atoms in total. The van der Waals surface area contributed by atoms with Crippen LogP contribution in [-0.4, -0.2) is 23.8 Å². The number of hydrogen-bond donors (Lipinski definition) is 0. The van der Waals surface area contributed by atoms with Gasteiger partial charge in [0.05, 0.1) is 5.56 Å². The van der Waals surface area contributed by atoms with Gasteiger partial charge >= 0.3 is 0 Å². The summed E-state index contributed by atoms with van der Waals surface area (Å²) < 4.78 is 26.8. The minimum atomic E-state index is -0.831. The summed E-state index contributed by atoms with van der Waals surface area (Å²) in [5.41, 5.74) is 1.20. The fraction of sp³-hybridized carbons (Fsp3) is 0.167. The Morgan fingerprint density at radius 3 is 2.45 bits per heavy atom. The molecule has 0 aliphatic carbocycles. The molecule has 0 unspecified atom stereocenters. The maximum Gasteiger partial charge on any atom is 0.196 e. The first kappa shape index (κ1) is 14.6. The molecule has 1 aliphatic heterocycles. The Bertz CT molecular complexity index is 732. The van der Waals surface area contributed by atoms with E-state index in [1.807, 2.05) is 12.1 Å². The summed E-state index contributed by atoms with van der Waals surface area (Å²) in [6, 6.07) is 10.2. The first-order valence-corrected chi connectivity index (χ1v) is 7.10. The maximum atomic E-state index is 13.8. The van der Waals surface area contributed by atoms with E-state index in [1.165, 1.54) is 6.07 Å². The zero-order valence-corrected chi connectivity index (χ0v) is 11.9. The van der Waals surface area contributed by atoms with Crippen LogP contribution < -0.4 is 0 Å². The van der Waals surface area contributed by atoms with Crippen molar-refractivity contribution in [3.8, 4) is 0 Å². The molecule has 3 rings (SSSR count). The first-order chi connectivity index (χ1) is 10.6. The summed E-state index contributed by atoms with van der Waals surface area (Å²) in [6.45, 7) is 2.30. The lowest BCUT2D eigenvalue weighted by molar-refractivity contribution is 0.103. The largest absolute Gasteiger partial charge is 0.292 e. The standard InChI is InChI=1S/C18H15F2NO/c19-14-7-8-16(17(20)11-14)18(22)15-6-2-1-5-13(15)12-21-9-3-4-10-21/h1-8,11H,9-10,12H2. The van der Waals surface area contributed by atoms with Crippen molar-refractivity contribution in [2.24, 2.45) is 0 Å². The molecule has 0 N–H and O–H groups in total. The molecule has 0 saturated heterocycles. The van der Waals surface area contributed by atoms with Gasteiger partial charge in [-0.25, -0.2) is 8.78 Å². The van der Waals surface area contributed by atoms with E-state index in [0.717, 1.165) is 30.8 Å². The molecule has 112 valence electrons. The van der Waals surface area contributed by atoms with Gasteiger partial charge in [0.2, 0.25) is 0 Å². The van der Waals surface area contributed by atoms with Crippen LogP contribution in [0.3, 0.4) is 0 Å². The number of carbonyl (C=O) groups excluding carboxylic acids is 1. The molecular formula is C18H15F2NO. The van der Waals surface area contributed by atoms with Crippen LogP contribution in [0, 0.1) is 11.6 Å². The van der Waals surface area contributed by atoms with Gasteiger partial charge in [-0.1, -0.05) is 36.4 Å². The van der Waals surface area contributed by atoms with Crippen molar-refractivity contribution >= 4 is 5.78 Å². The number of halogens is 2. The van der Waals surface area contributed by atoms with Crippen LogP contribution in [0.2, 0.25) is 0 Å². The van der Waals surface area contributed by atoms with Crippen molar-refractivity contribution < 1.29 is 13.6 Å². The summed E-state index contributed by atoms with van der Waals surface area (Å²) in [5.74, 6) is -1.94. The van der Waals surface area contributed by atoms with E-state index >= 15 is 0 Å². The smallest absolute Gasteiger partial charge is 0.196 e. The van der Waals surface area contributed by atoms with E-state index in [0.29, 0.717) is 12.1 Å². The third-order valence-electron chi connectivity index (χ3n) is 3.73. The van der Waals surface area contributed by atoms with Crippen molar-refractivity contribution in [2.45, 2.75) is 6.54 Å². The zero-order valence-electron chi connectivity index (χ0n) is 11.9. The number of ketones is 1. The van der Waals surface area contributed by atoms with Crippen LogP contribution in [0.25, 0.3) is 0 Å². The summed E-state index contributed by atoms with van der Waals surface area (Å²) in [5, 5.41) is 0. The van der Waals surface area contributed by atoms with Crippen LogP contribution >= 0.6 is 0 Å². The normalized spacial score (nSPS) is 14.5. The Morgan fingerprint density at radius 2 is 1.73 bits per heavy atom. The molecule has 4 heteroatoms. The summed E-state index contributed by atoms with van der Waals surface area (Å²) in [6.07, 6.45) is 4.15. The quantitative estimate of drug-likeness (QED) is 0.635. The molecule has 0 amide bonds. The van der Waals surface area contributed by atoms with Gasteiger partial charge in [0, 0.05) is 31.3 Å². The highest BCUT2D eigenvalue weighted by Crippen LogP contribution is 2.20. The Hall–Kier alpha value is -2.33. The topological polar surface area (TPSA) is 20.3 Å². The predicted octanol–water partition coefficient (Wildman–Crippen LogP) is 3.57. The van der Waals surface area contributed by atoms with Crippen LogP contribution in [0.1, 0.15) is 21.5 Å². The van der Waals surface area contributed by atoms with Crippen LogP contribution in [-0.2, 0) is 6.54 Å². The van der Waals surface area contributed by atoms with E-state index in [4.69, 9.17) is 0 Å². The molecular weight excluding hydrogens is 284 g/mol. The number of hydrogen-bond acceptors (Lipinski definition) is 2. The molecule has 0 saturated carbocycles. The van der Waals surface area contributed by atoms with Crippen molar-refractivity contribution in [3.63, 3.8) is 0 Å². The van der Waals surface area contributed by atoms with E-state index in [-0.39, 0.29) is 5.56 Å². The SMILES string of the molecule is O=C(c1ccc(F)cc1F)c1ccccc1CN1CC=CC1. The van der Waals surface area contributed by atoms with Gasteiger partial charge in [-0.3, -0.25) is 9.69 Å². The molecule has 1 aliphatic rings. The van der Waals surface area contributed by atoms with Crippen molar-refractivity contribution in [3.05, 3.63) is 82.9 Å². The summed E-state index contributed by atoms with van der Waals surface area (Å²) in [7, 11) is 0. The van der Waals surface area contributed by atoms with Gasteiger partial charge in [0.1, 0.15) is 11.6 Å². The van der Waals surface area contributed by atoms with Gasteiger partial charge in [0.15, 0.2) is 5.78 Å². The van der Waals surface area contributed by atoms with Crippen LogP contribution in [0.5, 0.6) is 0 Å². The van der Waals surface area contributed by atoms with Crippen LogP contribution in [0.15, 0.2) is 54.6 Å². The average Bonchev–Trinajstić information content (AvgIpc) is 3.00. The summed E-state index contributed by atoms with van der Waals surface area (Å²) >= 11 is 0. The van der Waals surface area contributed by atoms with E-state index in [1.54, 1.807) is 12.1 Å². The van der Waals surface area contributed by atoms with E-state index in [9.17, 15) is 13.6 Å². The van der Waals surface area contributed by atoms with Gasteiger partial charge in [-0.2, -0.15) is 0 Å². The number of benzene rings is 2. The number of nitrogens with zero attached hydrogens (tertiary/aromatic N) is 1. The molecule has 0 aromatic heterocycles. The average molecular weight is 299 g/mol. The molecule has 22 heavy (non-hydrogen) atoms. The molecule has 0 bridgehead atoms. The number of rotatable bonds is 4. The lowest BCUT2D eigenvalue weighted by atomic mass is 9.97. The lowest BCUT2D eigenvalue weighted by Gasteiger charge is -2.17. The van der Waals surface area contributed by atoms with Crippen molar-refractivity contribution in [2.75, 3.05) is 13.1 Å². The highest BCUT2D eigenvalue weighted by Gasteiger charge is 2.19. The van der Waals surface area contributed by atoms with Gasteiger partial charge in [-0.15, -0.1) is 0 Å². The molecule has 2 aromatic rings. The predicted molar refractivity (Wildman–Crippen MR) is 80.6 cm³/mol. The molecule has 0 fully saturated rings. The molecule has 0 radical (unpaired) electrons. The van der Waals surface area contributed by atoms with Crippen molar-refractivity contribution in [1.29, 1.82) is 0 Å². The highest BCUT2D eigenvalue weighted by molar-refractivity contribution is 6.10. The Morgan fingerprint density at radius 1 is 1.00 bits per heavy atom. The second-order valence-electron chi connectivity index (χ2n) is 5.28. The minimum Gasteiger partial charge on any atom is -0.292 e. The fourth-order valence-electron chi connectivity index (χ4n) is 2.59. The molecule has 1 heterocycles. The Kier molecular flexibility index (Phi) is 4.11. The molecule has 0 atom stereocenters. The van der Waals surface area contributed by atoms with E-state index < -0.39 is 17.4 Å². The van der Waals surface area contributed by atoms with E-state index in [2.05, 4.69) is 17.1 Å². The Balaban J connectivity index is 1.91. The summed E-state index contributed by atoms with van der Waals surface area (Å²) in [4.78, 5) is 14.8. The van der Waals surface area contributed by atoms with Gasteiger partial charge in [0.25, 0.3) is 0 Å². The monoisotopic (exact) mass is 299 g/mol. The van der Waals surface area contributed by atoms with Gasteiger partial charge in [-0.05, 0) is 17.7 Å². The first-order valence-electron chi connectivity index (χ1n) is 7.10. The third kappa shape index (κ3) is 2.97. The second kappa shape index (κ2) is 6.20. The van der Waals surface area contributed by atoms with Crippen molar-refractivity contribution in [1.82, 2.24) is 4.90 Å². The number of carbonyl (C=O) groups is 1. The van der Waals surface area contributed by atoms with Gasteiger partial charge < -0.3 is 0 Å². The molecule has 0 spiro atoms. The van der Waals surface area contributed by atoms with Crippen LogP contribution in [0.4, 0.5) is 8.78 Å². The lowest BCUT2D eigenvalue weighted by Crippen LogP contribution is -2.21.